The number of ether oxygens (including phenoxy) is 1. The van der Waals surface area contributed by atoms with Crippen LogP contribution in [-0.2, 0) is 11.3 Å². The molecule has 2 aromatic rings. The number of hydrogen-bond donors (Lipinski definition) is 1. The van der Waals surface area contributed by atoms with Crippen LogP contribution in [0.1, 0.15) is 40.8 Å². The van der Waals surface area contributed by atoms with Crippen LogP contribution in [0.2, 0.25) is 0 Å². The summed E-state index contributed by atoms with van der Waals surface area (Å²) in [6, 6.07) is 9.05. The van der Waals surface area contributed by atoms with Crippen LogP contribution in [0.4, 0.5) is 0 Å². The second-order valence-corrected chi connectivity index (χ2v) is 4.98. The van der Waals surface area contributed by atoms with Gasteiger partial charge in [0, 0.05) is 24.7 Å². The van der Waals surface area contributed by atoms with Gasteiger partial charge in [-0.15, -0.1) is 0 Å². The molecule has 1 aliphatic rings. The van der Waals surface area contributed by atoms with Crippen molar-refractivity contribution in [2.75, 3.05) is 13.2 Å². The Morgan fingerprint density at radius 3 is 2.76 bits per heavy atom. The van der Waals surface area contributed by atoms with Gasteiger partial charge in [-0.3, -0.25) is 4.79 Å². The standard InChI is InChI=1S/C15H17N3O3/c19-14(11-4-2-1-3-5-11)16-10-13-17-15(21-18-13)12-6-8-20-9-7-12/h1-5,12H,6-10H2,(H,16,19). The molecule has 1 aromatic heterocycles. The molecule has 21 heavy (non-hydrogen) atoms. The van der Waals surface area contributed by atoms with Crippen molar-refractivity contribution in [3.63, 3.8) is 0 Å². The van der Waals surface area contributed by atoms with Gasteiger partial charge in [-0.2, -0.15) is 4.98 Å². The fourth-order valence-electron chi connectivity index (χ4n) is 2.30. The van der Waals surface area contributed by atoms with Gasteiger partial charge in [0.15, 0.2) is 5.82 Å². The molecule has 0 bridgehead atoms. The van der Waals surface area contributed by atoms with Gasteiger partial charge < -0.3 is 14.6 Å². The Balaban J connectivity index is 1.56. The lowest BCUT2D eigenvalue weighted by molar-refractivity contribution is 0.0778. The minimum atomic E-state index is -0.145. The average Bonchev–Trinajstić information content (AvgIpc) is 3.03. The molecule has 1 fully saturated rings. The summed E-state index contributed by atoms with van der Waals surface area (Å²) >= 11 is 0. The highest BCUT2D eigenvalue weighted by Crippen LogP contribution is 2.25. The summed E-state index contributed by atoms with van der Waals surface area (Å²) in [7, 11) is 0. The van der Waals surface area contributed by atoms with Crippen LogP contribution >= 0.6 is 0 Å². The molecule has 6 nitrogen and oxygen atoms in total. The molecule has 0 spiro atoms. The Hall–Kier alpha value is -2.21. The van der Waals surface area contributed by atoms with E-state index in [4.69, 9.17) is 9.26 Å². The molecule has 2 heterocycles. The van der Waals surface area contributed by atoms with E-state index in [0.29, 0.717) is 17.3 Å². The molecule has 0 radical (unpaired) electrons. The van der Waals surface area contributed by atoms with E-state index >= 15 is 0 Å². The molecule has 0 atom stereocenters. The van der Waals surface area contributed by atoms with Crippen molar-refractivity contribution in [1.29, 1.82) is 0 Å². The van der Waals surface area contributed by atoms with Crippen molar-refractivity contribution in [1.82, 2.24) is 15.5 Å². The summed E-state index contributed by atoms with van der Waals surface area (Å²) in [5.41, 5.74) is 0.616. The highest BCUT2D eigenvalue weighted by atomic mass is 16.5. The third kappa shape index (κ3) is 3.46. The molecule has 1 amide bonds. The number of amides is 1. The topological polar surface area (TPSA) is 77.2 Å². The van der Waals surface area contributed by atoms with Crippen LogP contribution in [0.25, 0.3) is 0 Å². The van der Waals surface area contributed by atoms with Crippen LogP contribution in [0.3, 0.4) is 0 Å². The third-order valence-electron chi connectivity index (χ3n) is 3.50. The zero-order chi connectivity index (χ0) is 14.5. The maximum absolute atomic E-state index is 11.9. The smallest absolute Gasteiger partial charge is 0.251 e. The molecule has 6 heteroatoms. The first-order chi connectivity index (χ1) is 10.3. The van der Waals surface area contributed by atoms with Gasteiger partial charge in [-0.05, 0) is 25.0 Å². The summed E-state index contributed by atoms with van der Waals surface area (Å²) in [5.74, 6) is 1.26. The minimum absolute atomic E-state index is 0.145. The maximum atomic E-state index is 11.9. The number of benzene rings is 1. The molecule has 1 aliphatic heterocycles. The highest BCUT2D eigenvalue weighted by Gasteiger charge is 2.22. The Bertz CT molecular complexity index is 591. The quantitative estimate of drug-likeness (QED) is 0.929. The zero-order valence-electron chi connectivity index (χ0n) is 11.6. The summed E-state index contributed by atoms with van der Waals surface area (Å²) < 4.78 is 10.6. The maximum Gasteiger partial charge on any atom is 0.251 e. The second kappa shape index (κ2) is 6.49. The fraction of sp³-hybridized carbons (Fsp3) is 0.400. The van der Waals surface area contributed by atoms with E-state index in [9.17, 15) is 4.79 Å². The molecule has 0 aliphatic carbocycles. The summed E-state index contributed by atoms with van der Waals surface area (Å²) in [4.78, 5) is 16.3. The van der Waals surface area contributed by atoms with E-state index in [-0.39, 0.29) is 18.4 Å². The first-order valence-corrected chi connectivity index (χ1v) is 7.06. The normalized spacial score (nSPS) is 15.8. The molecule has 1 N–H and O–H groups in total. The van der Waals surface area contributed by atoms with E-state index in [0.717, 1.165) is 26.1 Å². The zero-order valence-corrected chi connectivity index (χ0v) is 11.6. The van der Waals surface area contributed by atoms with E-state index in [2.05, 4.69) is 15.5 Å². The minimum Gasteiger partial charge on any atom is -0.381 e. The van der Waals surface area contributed by atoms with Crippen LogP contribution in [0.15, 0.2) is 34.9 Å². The van der Waals surface area contributed by atoms with E-state index in [1.165, 1.54) is 0 Å². The first-order valence-electron chi connectivity index (χ1n) is 7.06. The molecule has 0 unspecified atom stereocenters. The number of carbonyl (C=O) groups is 1. The van der Waals surface area contributed by atoms with Crippen LogP contribution in [0.5, 0.6) is 0 Å². The van der Waals surface area contributed by atoms with Gasteiger partial charge in [0.25, 0.3) is 5.91 Å². The predicted octanol–water partition coefficient (Wildman–Crippen LogP) is 1.89. The Morgan fingerprint density at radius 1 is 1.24 bits per heavy atom. The lowest BCUT2D eigenvalue weighted by Gasteiger charge is -2.17. The van der Waals surface area contributed by atoms with Crippen LogP contribution < -0.4 is 5.32 Å². The largest absolute Gasteiger partial charge is 0.381 e. The van der Waals surface area contributed by atoms with Gasteiger partial charge in [0.05, 0.1) is 6.54 Å². The number of nitrogens with zero attached hydrogens (tertiary/aromatic N) is 2. The molecule has 1 aromatic carbocycles. The van der Waals surface area contributed by atoms with Crippen molar-refractivity contribution in [2.24, 2.45) is 0 Å². The summed E-state index contributed by atoms with van der Waals surface area (Å²) in [5, 5.41) is 6.70. The van der Waals surface area contributed by atoms with Gasteiger partial charge in [0.2, 0.25) is 5.89 Å². The van der Waals surface area contributed by atoms with Gasteiger partial charge in [-0.1, -0.05) is 23.4 Å². The molecular weight excluding hydrogens is 270 g/mol. The third-order valence-corrected chi connectivity index (χ3v) is 3.50. The second-order valence-electron chi connectivity index (χ2n) is 4.98. The van der Waals surface area contributed by atoms with E-state index in [1.807, 2.05) is 18.2 Å². The average molecular weight is 287 g/mol. The number of carbonyl (C=O) groups excluding carboxylic acids is 1. The molecule has 0 saturated carbocycles. The van der Waals surface area contributed by atoms with Crippen molar-refractivity contribution in [2.45, 2.75) is 25.3 Å². The van der Waals surface area contributed by atoms with Gasteiger partial charge in [0.1, 0.15) is 0 Å². The lowest BCUT2D eigenvalue weighted by Crippen LogP contribution is -2.23. The lowest BCUT2D eigenvalue weighted by atomic mass is 10.0. The Labute approximate surface area is 122 Å². The van der Waals surface area contributed by atoms with Gasteiger partial charge in [-0.25, -0.2) is 0 Å². The Morgan fingerprint density at radius 2 is 2.00 bits per heavy atom. The van der Waals surface area contributed by atoms with E-state index < -0.39 is 0 Å². The number of aromatic nitrogens is 2. The molecular formula is C15H17N3O3. The van der Waals surface area contributed by atoms with E-state index in [1.54, 1.807) is 12.1 Å². The fourth-order valence-corrected chi connectivity index (χ4v) is 2.30. The van der Waals surface area contributed by atoms with Crippen molar-refractivity contribution in [3.05, 3.63) is 47.6 Å². The highest BCUT2D eigenvalue weighted by molar-refractivity contribution is 5.93. The van der Waals surface area contributed by atoms with Crippen molar-refractivity contribution >= 4 is 5.91 Å². The number of hydrogen-bond acceptors (Lipinski definition) is 5. The predicted molar refractivity (Wildman–Crippen MR) is 74.7 cm³/mol. The monoisotopic (exact) mass is 287 g/mol. The van der Waals surface area contributed by atoms with Crippen LogP contribution in [0, 0.1) is 0 Å². The van der Waals surface area contributed by atoms with Crippen LogP contribution in [-0.4, -0.2) is 29.3 Å². The Kier molecular flexibility index (Phi) is 4.25. The number of nitrogens with one attached hydrogen (secondary N) is 1. The summed E-state index contributed by atoms with van der Waals surface area (Å²) in [6.07, 6.45) is 1.80. The SMILES string of the molecule is O=C(NCc1noc(C2CCOCC2)n1)c1ccccc1. The first kappa shape index (κ1) is 13.8. The van der Waals surface area contributed by atoms with Crippen molar-refractivity contribution in [3.8, 4) is 0 Å². The van der Waals surface area contributed by atoms with Gasteiger partial charge >= 0.3 is 0 Å². The summed E-state index contributed by atoms with van der Waals surface area (Å²) in [6.45, 7) is 1.72. The molecule has 110 valence electrons. The van der Waals surface area contributed by atoms with Crippen molar-refractivity contribution < 1.29 is 14.1 Å². The number of rotatable bonds is 4. The molecule has 3 rings (SSSR count). The molecule has 1 saturated heterocycles.